The standard InChI is InChI=1S/C10H11F3O2/c1-6(14)7-3-4-9(15-2)8(5-7)10(11,12)13/h3-6,14H,1-2H3/t6-/m0/s1. The first-order valence-corrected chi connectivity index (χ1v) is 4.29. The van der Waals surface area contributed by atoms with Crippen LogP contribution in [0.4, 0.5) is 13.2 Å². The van der Waals surface area contributed by atoms with Gasteiger partial charge in [0.15, 0.2) is 0 Å². The predicted molar refractivity (Wildman–Crippen MR) is 48.6 cm³/mol. The first-order valence-electron chi connectivity index (χ1n) is 4.29. The molecule has 0 amide bonds. The average Bonchev–Trinajstić information content (AvgIpc) is 2.15. The van der Waals surface area contributed by atoms with E-state index in [2.05, 4.69) is 4.74 Å². The molecule has 0 unspecified atom stereocenters. The first kappa shape index (κ1) is 11.8. The second kappa shape index (κ2) is 4.10. The maximum absolute atomic E-state index is 12.5. The van der Waals surface area contributed by atoms with Gasteiger partial charge in [0, 0.05) is 0 Å². The molecule has 0 heterocycles. The zero-order chi connectivity index (χ0) is 11.6. The molecule has 1 aromatic rings. The van der Waals surface area contributed by atoms with Crippen LogP contribution in [-0.2, 0) is 6.18 Å². The van der Waals surface area contributed by atoms with Crippen LogP contribution in [-0.4, -0.2) is 12.2 Å². The SMILES string of the molecule is COc1ccc([C@H](C)O)cc1C(F)(F)F. The molecule has 0 fully saturated rings. The van der Waals surface area contributed by atoms with Gasteiger partial charge in [-0.05, 0) is 24.6 Å². The van der Waals surface area contributed by atoms with E-state index in [9.17, 15) is 13.2 Å². The first-order chi connectivity index (χ1) is 6.86. The molecule has 5 heteroatoms. The summed E-state index contributed by atoms with van der Waals surface area (Å²) in [6.07, 6.45) is -5.41. The molecule has 0 spiro atoms. The lowest BCUT2D eigenvalue weighted by molar-refractivity contribution is -0.138. The van der Waals surface area contributed by atoms with Gasteiger partial charge in [0.2, 0.25) is 0 Å². The average molecular weight is 220 g/mol. The van der Waals surface area contributed by atoms with Crippen molar-refractivity contribution < 1.29 is 23.0 Å². The molecule has 15 heavy (non-hydrogen) atoms. The molecule has 0 saturated carbocycles. The van der Waals surface area contributed by atoms with E-state index in [-0.39, 0.29) is 11.3 Å². The third-order valence-electron chi connectivity index (χ3n) is 2.01. The molecule has 0 aliphatic carbocycles. The maximum atomic E-state index is 12.5. The van der Waals surface area contributed by atoms with Crippen LogP contribution in [0.2, 0.25) is 0 Å². The summed E-state index contributed by atoms with van der Waals surface area (Å²) in [7, 11) is 1.17. The highest BCUT2D eigenvalue weighted by molar-refractivity contribution is 5.39. The third kappa shape index (κ3) is 2.62. The van der Waals surface area contributed by atoms with Gasteiger partial charge in [-0.15, -0.1) is 0 Å². The molecule has 0 saturated heterocycles. The van der Waals surface area contributed by atoms with Crippen LogP contribution in [0.15, 0.2) is 18.2 Å². The van der Waals surface area contributed by atoms with E-state index in [1.54, 1.807) is 0 Å². The Morgan fingerprint density at radius 2 is 1.93 bits per heavy atom. The number of methoxy groups -OCH3 is 1. The number of rotatable bonds is 2. The summed E-state index contributed by atoms with van der Waals surface area (Å²) in [6, 6.07) is 3.49. The molecule has 0 aliphatic rings. The minimum Gasteiger partial charge on any atom is -0.496 e. The van der Waals surface area contributed by atoms with Gasteiger partial charge < -0.3 is 9.84 Å². The summed E-state index contributed by atoms with van der Waals surface area (Å²) in [5, 5.41) is 9.17. The molecule has 1 N–H and O–H groups in total. The Labute approximate surface area is 85.3 Å². The Bertz CT molecular complexity index is 345. The van der Waals surface area contributed by atoms with Crippen LogP contribution >= 0.6 is 0 Å². The topological polar surface area (TPSA) is 29.5 Å². The van der Waals surface area contributed by atoms with E-state index in [0.29, 0.717) is 0 Å². The number of ether oxygens (including phenoxy) is 1. The number of halogens is 3. The second-order valence-electron chi connectivity index (χ2n) is 3.13. The maximum Gasteiger partial charge on any atom is 0.419 e. The number of alkyl halides is 3. The number of aliphatic hydroxyl groups excluding tert-OH is 1. The summed E-state index contributed by atoms with van der Waals surface area (Å²) in [5.41, 5.74) is -0.661. The van der Waals surface area contributed by atoms with Gasteiger partial charge in [-0.3, -0.25) is 0 Å². The third-order valence-corrected chi connectivity index (χ3v) is 2.01. The fourth-order valence-corrected chi connectivity index (χ4v) is 1.21. The summed E-state index contributed by atoms with van der Waals surface area (Å²) in [6.45, 7) is 1.40. The lowest BCUT2D eigenvalue weighted by Crippen LogP contribution is -2.08. The summed E-state index contributed by atoms with van der Waals surface area (Å²) in [4.78, 5) is 0. The van der Waals surface area contributed by atoms with Crippen molar-refractivity contribution in [1.82, 2.24) is 0 Å². The normalized spacial score (nSPS) is 13.7. The van der Waals surface area contributed by atoms with Gasteiger partial charge in [-0.25, -0.2) is 0 Å². The van der Waals surface area contributed by atoms with E-state index in [4.69, 9.17) is 5.11 Å². The quantitative estimate of drug-likeness (QED) is 0.830. The fourth-order valence-electron chi connectivity index (χ4n) is 1.21. The number of aliphatic hydroxyl groups is 1. The molecule has 2 nitrogen and oxygen atoms in total. The number of hydrogen-bond acceptors (Lipinski definition) is 2. The van der Waals surface area contributed by atoms with E-state index >= 15 is 0 Å². The largest absolute Gasteiger partial charge is 0.496 e. The summed E-state index contributed by atoms with van der Waals surface area (Å²) < 4.78 is 42.2. The van der Waals surface area contributed by atoms with Crippen LogP contribution in [0.25, 0.3) is 0 Å². The van der Waals surface area contributed by atoms with Gasteiger partial charge in [0.05, 0.1) is 18.8 Å². The van der Waals surface area contributed by atoms with Crippen molar-refractivity contribution in [2.24, 2.45) is 0 Å². The Morgan fingerprint density at radius 3 is 2.33 bits per heavy atom. The summed E-state index contributed by atoms with van der Waals surface area (Å²) in [5.74, 6) is -0.244. The van der Waals surface area contributed by atoms with Crippen LogP contribution in [0.5, 0.6) is 5.75 Å². The molecule has 0 aliphatic heterocycles. The van der Waals surface area contributed by atoms with Gasteiger partial charge in [-0.1, -0.05) is 6.07 Å². The van der Waals surface area contributed by atoms with Crippen molar-refractivity contribution in [3.05, 3.63) is 29.3 Å². The molecule has 0 aromatic heterocycles. The Hall–Kier alpha value is -1.23. The Kier molecular flexibility index (Phi) is 3.24. The molecule has 1 atom stereocenters. The number of benzene rings is 1. The monoisotopic (exact) mass is 220 g/mol. The lowest BCUT2D eigenvalue weighted by atomic mass is 10.1. The van der Waals surface area contributed by atoms with E-state index in [0.717, 1.165) is 6.07 Å². The minimum atomic E-state index is -4.48. The Balaban J connectivity index is 3.26. The molecule has 1 rings (SSSR count). The highest BCUT2D eigenvalue weighted by Crippen LogP contribution is 2.37. The molecule has 0 bridgehead atoms. The van der Waals surface area contributed by atoms with Crippen LogP contribution in [0, 0.1) is 0 Å². The smallest absolute Gasteiger partial charge is 0.419 e. The molecule has 84 valence electrons. The van der Waals surface area contributed by atoms with Crippen molar-refractivity contribution in [2.45, 2.75) is 19.2 Å². The fraction of sp³-hybridized carbons (Fsp3) is 0.400. The molecule has 0 radical (unpaired) electrons. The van der Waals surface area contributed by atoms with Crippen LogP contribution in [0.3, 0.4) is 0 Å². The zero-order valence-electron chi connectivity index (χ0n) is 8.30. The van der Waals surface area contributed by atoms with Gasteiger partial charge in [0.25, 0.3) is 0 Å². The number of hydrogen-bond donors (Lipinski definition) is 1. The second-order valence-corrected chi connectivity index (χ2v) is 3.13. The van der Waals surface area contributed by atoms with Crippen molar-refractivity contribution in [3.8, 4) is 5.75 Å². The highest BCUT2D eigenvalue weighted by atomic mass is 19.4. The van der Waals surface area contributed by atoms with Crippen molar-refractivity contribution >= 4 is 0 Å². The van der Waals surface area contributed by atoms with Crippen LogP contribution < -0.4 is 4.74 Å². The van der Waals surface area contributed by atoms with Crippen molar-refractivity contribution in [1.29, 1.82) is 0 Å². The minimum absolute atomic E-state index is 0.211. The lowest BCUT2D eigenvalue weighted by Gasteiger charge is -2.14. The molecule has 1 aromatic carbocycles. The van der Waals surface area contributed by atoms with Gasteiger partial charge in [0.1, 0.15) is 5.75 Å². The van der Waals surface area contributed by atoms with Crippen LogP contribution in [0.1, 0.15) is 24.2 Å². The predicted octanol–water partition coefficient (Wildman–Crippen LogP) is 2.77. The Morgan fingerprint density at radius 1 is 1.33 bits per heavy atom. The van der Waals surface area contributed by atoms with E-state index in [1.807, 2.05) is 0 Å². The summed E-state index contributed by atoms with van der Waals surface area (Å²) >= 11 is 0. The van der Waals surface area contributed by atoms with Crippen molar-refractivity contribution in [2.75, 3.05) is 7.11 Å². The van der Waals surface area contributed by atoms with E-state index < -0.39 is 17.8 Å². The molecular weight excluding hydrogens is 209 g/mol. The highest BCUT2D eigenvalue weighted by Gasteiger charge is 2.34. The van der Waals surface area contributed by atoms with Crippen molar-refractivity contribution in [3.63, 3.8) is 0 Å². The van der Waals surface area contributed by atoms with E-state index in [1.165, 1.54) is 26.2 Å². The molecular formula is C10H11F3O2. The zero-order valence-corrected chi connectivity index (χ0v) is 8.30. The van der Waals surface area contributed by atoms with Gasteiger partial charge in [-0.2, -0.15) is 13.2 Å². The van der Waals surface area contributed by atoms with Gasteiger partial charge >= 0.3 is 6.18 Å².